The number of imidazole rings is 1. The smallest absolute Gasteiger partial charge is 0.156 e. The molecule has 13 aromatic rings. The molecule has 3 aromatic heterocycles. The maximum Gasteiger partial charge on any atom is 0.156 e. The topological polar surface area (TPSA) is 17.3 Å². The third-order valence-corrected chi connectivity index (χ3v) is 15.1. The lowest BCUT2D eigenvalue weighted by Gasteiger charge is -2.34. The van der Waals surface area contributed by atoms with Crippen LogP contribution in [0, 0.1) is 0 Å². The fourth-order valence-corrected chi connectivity index (χ4v) is 12.4. The van der Waals surface area contributed by atoms with E-state index in [0.717, 1.165) is 27.9 Å². The van der Waals surface area contributed by atoms with Gasteiger partial charge < -0.3 is 0 Å². The standard InChI is InChI=1S/C60H36N2S/c1-3-17-43(18-4-1)60(44-19-5-2-6-20-44)51-24-12-11-22-48(51)55-45(23-13-25-52(55)60)38-26-28-39(29-27-38)54-36-50-47-32-30-37-14-9-10-21-46(37)57(47)63-58(50)59-61-56-49-35-41-16-8-7-15-40(41)34-42(49)31-33-53(56)62(54)59/h1-36H. The number of pyridine rings is 1. The highest BCUT2D eigenvalue weighted by molar-refractivity contribution is 7.27. The molecule has 0 bridgehead atoms. The fourth-order valence-electron chi connectivity index (χ4n) is 11.1. The van der Waals surface area contributed by atoms with E-state index in [2.05, 4.69) is 223 Å². The van der Waals surface area contributed by atoms with Crippen molar-refractivity contribution in [1.82, 2.24) is 9.38 Å². The van der Waals surface area contributed by atoms with Crippen molar-refractivity contribution in [1.29, 1.82) is 0 Å². The van der Waals surface area contributed by atoms with Crippen LogP contribution in [0.5, 0.6) is 0 Å². The van der Waals surface area contributed by atoms with Gasteiger partial charge in [-0.1, -0.05) is 194 Å². The second kappa shape index (κ2) is 13.1. The molecule has 63 heavy (non-hydrogen) atoms. The van der Waals surface area contributed by atoms with Gasteiger partial charge in [0, 0.05) is 20.9 Å². The van der Waals surface area contributed by atoms with Gasteiger partial charge in [-0.15, -0.1) is 11.3 Å². The van der Waals surface area contributed by atoms with Crippen molar-refractivity contribution in [2.24, 2.45) is 0 Å². The Morgan fingerprint density at radius 3 is 1.83 bits per heavy atom. The Balaban J connectivity index is 1.01. The minimum absolute atomic E-state index is 0.445. The van der Waals surface area contributed by atoms with Gasteiger partial charge in [-0.2, -0.15) is 0 Å². The van der Waals surface area contributed by atoms with Crippen LogP contribution in [0.4, 0.5) is 0 Å². The van der Waals surface area contributed by atoms with Crippen LogP contribution in [0.25, 0.3) is 103 Å². The summed E-state index contributed by atoms with van der Waals surface area (Å²) in [5.41, 5.74) is 15.2. The predicted octanol–water partition coefficient (Wildman–Crippen LogP) is 16.0. The molecular weight excluding hydrogens is 781 g/mol. The molecule has 0 fully saturated rings. The third-order valence-electron chi connectivity index (χ3n) is 13.8. The predicted molar refractivity (Wildman–Crippen MR) is 266 cm³/mol. The van der Waals surface area contributed by atoms with E-state index >= 15 is 0 Å². The largest absolute Gasteiger partial charge is 0.291 e. The fraction of sp³-hybridized carbons (Fsp3) is 0.0167. The average Bonchev–Trinajstić information content (AvgIpc) is 4.03. The highest BCUT2D eigenvalue weighted by Crippen LogP contribution is 2.58. The monoisotopic (exact) mass is 816 g/mol. The Labute approximate surface area is 367 Å². The zero-order valence-corrected chi connectivity index (χ0v) is 34.9. The highest BCUT2D eigenvalue weighted by Gasteiger charge is 2.46. The number of benzene rings is 10. The van der Waals surface area contributed by atoms with E-state index in [0.29, 0.717) is 0 Å². The quantitative estimate of drug-likeness (QED) is 0.162. The van der Waals surface area contributed by atoms with Crippen molar-refractivity contribution in [3.8, 4) is 33.5 Å². The SMILES string of the molecule is c1ccc(C2(c3ccccc3)c3ccccc3-c3c(-c4ccc(-c5cc6c7ccc8ccccc8c7sc6c6nc7c8cc9ccccc9cc8ccc7n56)cc4)cccc32)cc1. The summed E-state index contributed by atoms with van der Waals surface area (Å²) in [6.07, 6.45) is 0. The highest BCUT2D eigenvalue weighted by atomic mass is 32.1. The van der Waals surface area contributed by atoms with Crippen molar-refractivity contribution in [3.05, 3.63) is 241 Å². The van der Waals surface area contributed by atoms with Gasteiger partial charge >= 0.3 is 0 Å². The molecule has 0 spiro atoms. The molecule has 2 nitrogen and oxygen atoms in total. The Kier molecular flexibility index (Phi) is 7.23. The Morgan fingerprint density at radius 2 is 1.03 bits per heavy atom. The van der Waals surface area contributed by atoms with Gasteiger partial charge in [-0.05, 0) is 101 Å². The van der Waals surface area contributed by atoms with Crippen molar-refractivity contribution in [3.63, 3.8) is 0 Å². The molecule has 0 aliphatic heterocycles. The summed E-state index contributed by atoms with van der Waals surface area (Å²) in [7, 11) is 0. The van der Waals surface area contributed by atoms with Crippen LogP contribution >= 0.6 is 11.3 Å². The second-order valence-electron chi connectivity index (χ2n) is 17.0. The molecule has 1 aliphatic carbocycles. The van der Waals surface area contributed by atoms with Crippen LogP contribution in [-0.4, -0.2) is 9.38 Å². The zero-order valence-electron chi connectivity index (χ0n) is 34.1. The molecule has 0 saturated carbocycles. The first-order chi connectivity index (χ1) is 31.2. The van der Waals surface area contributed by atoms with Gasteiger partial charge in [0.2, 0.25) is 0 Å². The molecule has 292 valence electrons. The summed E-state index contributed by atoms with van der Waals surface area (Å²) >= 11 is 1.87. The number of nitrogens with zero attached hydrogens (tertiary/aromatic N) is 2. The second-order valence-corrected chi connectivity index (χ2v) is 18.0. The molecule has 0 saturated heterocycles. The summed E-state index contributed by atoms with van der Waals surface area (Å²) in [6, 6.07) is 80.9. The minimum Gasteiger partial charge on any atom is -0.291 e. The van der Waals surface area contributed by atoms with Gasteiger partial charge in [0.15, 0.2) is 5.65 Å². The van der Waals surface area contributed by atoms with Crippen molar-refractivity contribution < 1.29 is 0 Å². The van der Waals surface area contributed by atoms with E-state index < -0.39 is 5.41 Å². The zero-order chi connectivity index (χ0) is 41.2. The first-order valence-corrected chi connectivity index (χ1v) is 22.5. The van der Waals surface area contributed by atoms with Gasteiger partial charge in [0.1, 0.15) is 0 Å². The maximum atomic E-state index is 5.60. The molecular formula is C60H36N2S. The van der Waals surface area contributed by atoms with E-state index in [1.165, 1.54) is 97.0 Å². The molecule has 0 amide bonds. The van der Waals surface area contributed by atoms with Crippen molar-refractivity contribution in [2.75, 3.05) is 0 Å². The number of rotatable bonds is 4. The molecule has 0 unspecified atom stereocenters. The molecule has 14 rings (SSSR count). The third kappa shape index (κ3) is 4.80. The van der Waals surface area contributed by atoms with Crippen LogP contribution in [0.1, 0.15) is 22.3 Å². The van der Waals surface area contributed by atoms with E-state index in [1.807, 2.05) is 11.3 Å². The van der Waals surface area contributed by atoms with Gasteiger partial charge in [-0.3, -0.25) is 4.40 Å². The number of hydrogen-bond acceptors (Lipinski definition) is 2. The summed E-state index contributed by atoms with van der Waals surface area (Å²) in [6.45, 7) is 0. The number of aromatic nitrogens is 2. The lowest BCUT2D eigenvalue weighted by atomic mass is 9.67. The number of thiophene rings is 1. The van der Waals surface area contributed by atoms with Crippen LogP contribution in [0.2, 0.25) is 0 Å². The average molecular weight is 817 g/mol. The maximum absolute atomic E-state index is 5.60. The van der Waals surface area contributed by atoms with E-state index in [4.69, 9.17) is 4.98 Å². The van der Waals surface area contributed by atoms with E-state index in [-0.39, 0.29) is 0 Å². The van der Waals surface area contributed by atoms with Crippen LogP contribution < -0.4 is 0 Å². The minimum atomic E-state index is -0.445. The van der Waals surface area contributed by atoms with Gasteiger partial charge in [-0.25, -0.2) is 4.98 Å². The van der Waals surface area contributed by atoms with E-state index in [9.17, 15) is 0 Å². The first-order valence-electron chi connectivity index (χ1n) is 21.7. The Bertz CT molecular complexity index is 3970. The first kappa shape index (κ1) is 34.8. The summed E-state index contributed by atoms with van der Waals surface area (Å²) < 4.78 is 4.94. The molecule has 3 heteroatoms. The molecule has 0 atom stereocenters. The van der Waals surface area contributed by atoms with Crippen LogP contribution in [0.3, 0.4) is 0 Å². The lowest BCUT2D eigenvalue weighted by Crippen LogP contribution is -2.28. The van der Waals surface area contributed by atoms with Crippen LogP contribution in [0.15, 0.2) is 218 Å². The molecule has 10 aromatic carbocycles. The summed E-state index contributed by atoms with van der Waals surface area (Å²) in [5.74, 6) is 0. The molecule has 0 radical (unpaired) electrons. The molecule has 3 heterocycles. The van der Waals surface area contributed by atoms with Crippen molar-refractivity contribution >= 4 is 80.5 Å². The van der Waals surface area contributed by atoms with Gasteiger partial charge in [0.05, 0.1) is 26.8 Å². The Hall–Kier alpha value is -7.85. The Morgan fingerprint density at radius 1 is 0.397 bits per heavy atom. The molecule has 1 aliphatic rings. The van der Waals surface area contributed by atoms with Crippen molar-refractivity contribution in [2.45, 2.75) is 5.41 Å². The van der Waals surface area contributed by atoms with Crippen LogP contribution in [-0.2, 0) is 5.41 Å². The summed E-state index contributed by atoms with van der Waals surface area (Å²) in [5, 5.41) is 9.91. The normalized spacial score (nSPS) is 13.2. The summed E-state index contributed by atoms with van der Waals surface area (Å²) in [4.78, 5) is 5.60. The van der Waals surface area contributed by atoms with Gasteiger partial charge in [0.25, 0.3) is 0 Å². The molecule has 0 N–H and O–H groups in total. The van der Waals surface area contributed by atoms with E-state index in [1.54, 1.807) is 0 Å². The lowest BCUT2D eigenvalue weighted by molar-refractivity contribution is 0.768. The number of hydrogen-bond donors (Lipinski definition) is 0. The number of fused-ring (bicyclic) bond motifs is 15.